The number of ether oxygens (including phenoxy) is 1. The highest BCUT2D eigenvalue weighted by atomic mass is 32.2. The monoisotopic (exact) mass is 374 g/mol. The van der Waals surface area contributed by atoms with Crippen LogP contribution in [0, 0.1) is 5.41 Å². The summed E-state index contributed by atoms with van der Waals surface area (Å²) in [5.41, 5.74) is 6.28. The summed E-state index contributed by atoms with van der Waals surface area (Å²) in [4.78, 5) is 11.7. The average molecular weight is 374 g/mol. The molecular weight excluding hydrogens is 356 g/mol. The van der Waals surface area contributed by atoms with E-state index in [-0.39, 0.29) is 4.90 Å². The van der Waals surface area contributed by atoms with Crippen molar-refractivity contribution in [1.82, 2.24) is 5.32 Å². The third kappa shape index (κ3) is 5.43. The summed E-state index contributed by atoms with van der Waals surface area (Å²) in [6.45, 7) is 1.61. The van der Waals surface area contributed by atoms with Crippen LogP contribution in [-0.4, -0.2) is 20.3 Å². The Balaban J connectivity index is 2.08. The lowest BCUT2D eigenvalue weighted by Gasteiger charge is -2.07. The molecular formula is C17H18N4O4S. The molecule has 0 bridgehead atoms. The third-order valence-electron chi connectivity index (χ3n) is 3.26. The molecule has 0 saturated heterocycles. The van der Waals surface area contributed by atoms with Crippen molar-refractivity contribution in [2.75, 3.05) is 0 Å². The van der Waals surface area contributed by atoms with Gasteiger partial charge in [0.2, 0.25) is 10.0 Å². The molecule has 2 aromatic carbocycles. The van der Waals surface area contributed by atoms with Crippen molar-refractivity contribution in [1.29, 1.82) is 5.41 Å². The number of guanidine groups is 1. The summed E-state index contributed by atoms with van der Waals surface area (Å²) in [6, 6.07) is 12.6. The fourth-order valence-electron chi connectivity index (χ4n) is 2.00. The lowest BCUT2D eigenvalue weighted by Crippen LogP contribution is -2.36. The summed E-state index contributed by atoms with van der Waals surface area (Å²) in [5, 5.41) is 14.3. The number of carbonyl (C=O) groups excluding carboxylic acids is 1. The molecule has 0 saturated carbocycles. The Kier molecular flexibility index (Phi) is 5.75. The first-order valence-corrected chi connectivity index (χ1v) is 8.94. The van der Waals surface area contributed by atoms with Crippen molar-refractivity contribution in [2.45, 2.75) is 11.8 Å². The van der Waals surface area contributed by atoms with E-state index in [1.165, 1.54) is 24.3 Å². The summed E-state index contributed by atoms with van der Waals surface area (Å²) in [7, 11) is -3.74. The normalized spacial score (nSPS) is 11.7. The van der Waals surface area contributed by atoms with Gasteiger partial charge in [0.15, 0.2) is 5.96 Å². The minimum Gasteiger partial charge on any atom is -0.457 e. The highest BCUT2D eigenvalue weighted by molar-refractivity contribution is 7.89. The molecule has 0 aliphatic carbocycles. The minimum atomic E-state index is -3.74. The van der Waals surface area contributed by atoms with Crippen LogP contribution in [0.2, 0.25) is 0 Å². The average Bonchev–Trinajstić information content (AvgIpc) is 2.55. The van der Waals surface area contributed by atoms with Gasteiger partial charge in [0.05, 0.1) is 4.90 Å². The predicted molar refractivity (Wildman–Crippen MR) is 98.0 cm³/mol. The molecule has 136 valence electrons. The van der Waals surface area contributed by atoms with Gasteiger partial charge in [-0.1, -0.05) is 12.1 Å². The van der Waals surface area contributed by atoms with Gasteiger partial charge >= 0.3 is 0 Å². The second kappa shape index (κ2) is 7.81. The Morgan fingerprint density at radius 2 is 1.58 bits per heavy atom. The van der Waals surface area contributed by atoms with E-state index in [9.17, 15) is 13.2 Å². The van der Waals surface area contributed by atoms with Crippen molar-refractivity contribution < 1.29 is 17.9 Å². The zero-order valence-electron chi connectivity index (χ0n) is 13.9. The molecule has 0 aliphatic heterocycles. The maximum absolute atomic E-state index is 11.7. The molecule has 2 rings (SSSR count). The van der Waals surface area contributed by atoms with Crippen LogP contribution in [0.1, 0.15) is 12.5 Å². The van der Waals surface area contributed by atoms with Crippen LogP contribution in [0.4, 0.5) is 0 Å². The predicted octanol–water partition coefficient (Wildman–Crippen LogP) is 1.54. The van der Waals surface area contributed by atoms with Crippen molar-refractivity contribution in [3.63, 3.8) is 0 Å². The van der Waals surface area contributed by atoms with Gasteiger partial charge in [0.25, 0.3) is 5.91 Å². The van der Waals surface area contributed by atoms with Gasteiger partial charge in [-0.15, -0.1) is 0 Å². The van der Waals surface area contributed by atoms with Gasteiger partial charge in [0, 0.05) is 5.57 Å². The lowest BCUT2D eigenvalue weighted by molar-refractivity contribution is -0.116. The maximum atomic E-state index is 11.7. The fourth-order valence-corrected chi connectivity index (χ4v) is 2.52. The maximum Gasteiger partial charge on any atom is 0.253 e. The summed E-state index contributed by atoms with van der Waals surface area (Å²) < 4.78 is 28.1. The summed E-state index contributed by atoms with van der Waals surface area (Å²) in [5.74, 6) is 0.127. The summed E-state index contributed by atoms with van der Waals surface area (Å²) >= 11 is 0. The number of rotatable bonds is 5. The molecule has 0 radical (unpaired) electrons. The van der Waals surface area contributed by atoms with E-state index in [0.717, 1.165) is 5.56 Å². The Morgan fingerprint density at radius 1 is 1.08 bits per heavy atom. The van der Waals surface area contributed by atoms with Crippen LogP contribution in [-0.2, 0) is 14.8 Å². The second-order valence-electron chi connectivity index (χ2n) is 5.38. The Bertz CT molecular complexity index is 949. The lowest BCUT2D eigenvalue weighted by atomic mass is 10.1. The number of hydrogen-bond donors (Lipinski definition) is 4. The van der Waals surface area contributed by atoms with Crippen LogP contribution in [0.15, 0.2) is 59.0 Å². The van der Waals surface area contributed by atoms with E-state index in [2.05, 4.69) is 5.32 Å². The molecule has 0 fully saturated rings. The molecule has 0 unspecified atom stereocenters. The minimum absolute atomic E-state index is 0.00430. The Morgan fingerprint density at radius 3 is 2.04 bits per heavy atom. The first-order chi connectivity index (χ1) is 12.1. The topological polar surface area (TPSA) is 148 Å². The second-order valence-corrected chi connectivity index (χ2v) is 6.94. The van der Waals surface area contributed by atoms with Crippen molar-refractivity contribution in [3.05, 3.63) is 59.7 Å². The van der Waals surface area contributed by atoms with E-state index < -0.39 is 21.9 Å². The van der Waals surface area contributed by atoms with Crippen molar-refractivity contribution in [2.24, 2.45) is 10.9 Å². The highest BCUT2D eigenvalue weighted by Gasteiger charge is 2.08. The van der Waals surface area contributed by atoms with E-state index in [4.69, 9.17) is 21.0 Å². The van der Waals surface area contributed by atoms with Crippen LogP contribution in [0.5, 0.6) is 11.5 Å². The van der Waals surface area contributed by atoms with Gasteiger partial charge in [-0.3, -0.25) is 15.5 Å². The van der Waals surface area contributed by atoms with Gasteiger partial charge in [0.1, 0.15) is 11.5 Å². The smallest absolute Gasteiger partial charge is 0.253 e. The molecule has 0 aliphatic rings. The van der Waals surface area contributed by atoms with Gasteiger partial charge in [-0.25, -0.2) is 13.6 Å². The molecule has 0 spiro atoms. The highest BCUT2D eigenvalue weighted by Crippen LogP contribution is 2.23. The Hall–Kier alpha value is -3.17. The third-order valence-corrected chi connectivity index (χ3v) is 4.19. The molecule has 0 atom stereocenters. The van der Waals surface area contributed by atoms with E-state index in [1.807, 2.05) is 0 Å². The Labute approximate surface area is 151 Å². The first kappa shape index (κ1) is 19.2. The van der Waals surface area contributed by atoms with Gasteiger partial charge in [-0.2, -0.15) is 0 Å². The zero-order valence-corrected chi connectivity index (χ0v) is 14.7. The number of sulfonamides is 1. The van der Waals surface area contributed by atoms with Crippen molar-refractivity contribution >= 4 is 28.0 Å². The summed E-state index contributed by atoms with van der Waals surface area (Å²) in [6.07, 6.45) is 1.64. The molecule has 8 nitrogen and oxygen atoms in total. The number of carbonyl (C=O) groups is 1. The number of amides is 1. The SMILES string of the molecule is CC(=Cc1ccc(Oc2ccc(S(N)(=O)=O)cc2)cc1)C(=O)NC(=N)N. The number of nitrogens with two attached hydrogens (primary N) is 2. The largest absolute Gasteiger partial charge is 0.457 e. The van der Waals surface area contributed by atoms with Crippen LogP contribution in [0.25, 0.3) is 6.08 Å². The van der Waals surface area contributed by atoms with Crippen molar-refractivity contribution in [3.8, 4) is 11.5 Å². The van der Waals surface area contributed by atoms with E-state index >= 15 is 0 Å². The molecule has 9 heteroatoms. The molecule has 0 heterocycles. The number of primary sulfonamides is 1. The fraction of sp³-hybridized carbons (Fsp3) is 0.0588. The molecule has 2 aromatic rings. The zero-order chi connectivity index (χ0) is 19.3. The van der Waals surface area contributed by atoms with Crippen LogP contribution in [0.3, 0.4) is 0 Å². The quantitative estimate of drug-likeness (QED) is 0.356. The van der Waals surface area contributed by atoms with Gasteiger partial charge in [-0.05, 0) is 55.0 Å². The number of hydrogen-bond acceptors (Lipinski definition) is 5. The molecule has 26 heavy (non-hydrogen) atoms. The molecule has 1 amide bonds. The molecule has 0 aromatic heterocycles. The van der Waals surface area contributed by atoms with E-state index in [1.54, 1.807) is 37.3 Å². The standard InChI is InChI=1S/C17H18N4O4S/c1-11(16(22)21-17(18)19)10-12-2-4-13(5-3-12)25-14-6-8-15(9-7-14)26(20,23)24/h2-10H,1H3,(H2,20,23,24)(H4,18,19,21,22). The van der Waals surface area contributed by atoms with Crippen LogP contribution < -0.4 is 20.9 Å². The van der Waals surface area contributed by atoms with Crippen LogP contribution >= 0.6 is 0 Å². The number of nitrogens with one attached hydrogen (secondary N) is 2. The van der Waals surface area contributed by atoms with Gasteiger partial charge < -0.3 is 10.5 Å². The molecule has 6 N–H and O–H groups in total. The number of benzene rings is 2. The first-order valence-electron chi connectivity index (χ1n) is 7.39. The van der Waals surface area contributed by atoms with E-state index in [0.29, 0.717) is 17.1 Å².